The molecule has 0 bridgehead atoms. The number of rotatable bonds is 7. The molecule has 0 saturated carbocycles. The number of nitrogen functional groups attached to an aromatic ring is 1. The fraction of sp³-hybridized carbons (Fsp3) is 0.344. The van der Waals surface area contributed by atoms with Crippen LogP contribution in [0.1, 0.15) is 56.0 Å². The lowest BCUT2D eigenvalue weighted by atomic mass is 9.96. The minimum atomic E-state index is 0.436. The van der Waals surface area contributed by atoms with Crippen molar-refractivity contribution >= 4 is 11.4 Å². The number of hydrogen-bond acceptors (Lipinski definition) is 4. The Bertz CT molecular complexity index is 1380. The predicted molar refractivity (Wildman–Crippen MR) is 154 cm³/mol. The first kappa shape index (κ1) is 24.9. The van der Waals surface area contributed by atoms with Crippen molar-refractivity contribution in [2.24, 2.45) is 5.92 Å². The molecule has 3 aromatic carbocycles. The van der Waals surface area contributed by atoms with Gasteiger partial charge in [0.15, 0.2) is 0 Å². The highest BCUT2D eigenvalue weighted by Gasteiger charge is 2.29. The lowest BCUT2D eigenvalue weighted by Gasteiger charge is -2.31. The number of anilines is 2. The predicted octanol–water partition coefficient (Wildman–Crippen LogP) is 7.15. The second-order valence-electron chi connectivity index (χ2n) is 10.8. The maximum Gasteiger partial charge on any atom is 0.145 e. The summed E-state index contributed by atoms with van der Waals surface area (Å²) in [5.41, 5.74) is 16.3. The lowest BCUT2D eigenvalue weighted by Crippen LogP contribution is -2.31. The molecule has 0 saturated heterocycles. The van der Waals surface area contributed by atoms with Gasteiger partial charge in [0.2, 0.25) is 0 Å². The summed E-state index contributed by atoms with van der Waals surface area (Å²) in [7, 11) is 0. The second kappa shape index (κ2) is 10.3. The number of fused-ring (bicyclic) bond motifs is 1. The molecule has 1 aromatic heterocycles. The third kappa shape index (κ3) is 4.95. The van der Waals surface area contributed by atoms with E-state index in [9.17, 15) is 0 Å². The molecular formula is C32H38N4O. The zero-order valence-corrected chi connectivity index (χ0v) is 22.7. The van der Waals surface area contributed by atoms with Gasteiger partial charge in [0.25, 0.3) is 0 Å². The Morgan fingerprint density at radius 3 is 2.43 bits per heavy atom. The molecule has 0 atom stereocenters. The van der Waals surface area contributed by atoms with E-state index >= 15 is 0 Å². The van der Waals surface area contributed by atoms with E-state index < -0.39 is 0 Å². The number of hydrogen-bond donors (Lipinski definition) is 1. The molecule has 192 valence electrons. The summed E-state index contributed by atoms with van der Waals surface area (Å²) >= 11 is 0. The van der Waals surface area contributed by atoms with Gasteiger partial charge < -0.3 is 15.4 Å². The lowest BCUT2D eigenvalue weighted by molar-refractivity contribution is 0.270. The molecule has 5 nitrogen and oxygen atoms in total. The van der Waals surface area contributed by atoms with Crippen LogP contribution in [-0.2, 0) is 13.0 Å². The van der Waals surface area contributed by atoms with Crippen LogP contribution in [0.2, 0.25) is 0 Å². The Morgan fingerprint density at radius 2 is 1.70 bits per heavy atom. The average molecular weight is 495 g/mol. The highest BCUT2D eigenvalue weighted by molar-refractivity contribution is 5.72. The van der Waals surface area contributed by atoms with Crippen molar-refractivity contribution < 1.29 is 4.74 Å². The first-order valence-corrected chi connectivity index (χ1v) is 13.4. The van der Waals surface area contributed by atoms with Crippen molar-refractivity contribution in [1.82, 2.24) is 9.78 Å². The minimum Gasteiger partial charge on any atom is -0.491 e. The summed E-state index contributed by atoms with van der Waals surface area (Å²) < 4.78 is 8.44. The summed E-state index contributed by atoms with van der Waals surface area (Å²) in [5, 5.41) is 5.23. The fourth-order valence-corrected chi connectivity index (χ4v) is 5.22. The molecule has 37 heavy (non-hydrogen) atoms. The third-order valence-electron chi connectivity index (χ3n) is 7.10. The van der Waals surface area contributed by atoms with Gasteiger partial charge in [0.1, 0.15) is 11.4 Å². The molecule has 2 heterocycles. The number of para-hydroxylation sites is 2. The summed E-state index contributed by atoms with van der Waals surface area (Å²) in [5.74, 6) is 1.77. The van der Waals surface area contributed by atoms with Crippen LogP contribution in [-0.4, -0.2) is 22.9 Å². The van der Waals surface area contributed by atoms with Gasteiger partial charge in [-0.15, -0.1) is 0 Å². The van der Waals surface area contributed by atoms with Crippen LogP contribution in [0.5, 0.6) is 5.75 Å². The highest BCUT2D eigenvalue weighted by atomic mass is 16.5. The Kier molecular flexibility index (Phi) is 6.96. The summed E-state index contributed by atoms with van der Waals surface area (Å²) in [4.78, 5) is 2.51. The van der Waals surface area contributed by atoms with Crippen molar-refractivity contribution in [3.63, 3.8) is 0 Å². The number of nitrogens with zero attached hydrogens (tertiary/aromatic N) is 3. The molecule has 2 N–H and O–H groups in total. The molecule has 4 aromatic rings. The fourth-order valence-electron chi connectivity index (χ4n) is 5.22. The van der Waals surface area contributed by atoms with E-state index in [2.05, 4.69) is 98.8 Å². The van der Waals surface area contributed by atoms with Crippen LogP contribution in [0.25, 0.3) is 16.9 Å². The van der Waals surface area contributed by atoms with Crippen LogP contribution < -0.4 is 15.4 Å². The quantitative estimate of drug-likeness (QED) is 0.277. The zero-order valence-electron chi connectivity index (χ0n) is 22.7. The van der Waals surface area contributed by atoms with Gasteiger partial charge in [-0.3, -0.25) is 0 Å². The van der Waals surface area contributed by atoms with Gasteiger partial charge in [-0.1, -0.05) is 70.2 Å². The van der Waals surface area contributed by atoms with Crippen molar-refractivity contribution in [3.05, 3.63) is 89.1 Å². The molecule has 5 heteroatoms. The topological polar surface area (TPSA) is 56.3 Å². The van der Waals surface area contributed by atoms with Crippen molar-refractivity contribution in [3.8, 4) is 22.7 Å². The second-order valence-corrected chi connectivity index (χ2v) is 10.8. The molecule has 0 spiro atoms. The first-order chi connectivity index (χ1) is 17.8. The molecule has 0 fully saturated rings. The van der Waals surface area contributed by atoms with E-state index in [4.69, 9.17) is 15.6 Å². The summed E-state index contributed by atoms with van der Waals surface area (Å²) in [6.07, 6.45) is 0.894. The smallest absolute Gasteiger partial charge is 0.145 e. The summed E-state index contributed by atoms with van der Waals surface area (Å²) in [6.45, 7) is 13.4. The third-order valence-corrected chi connectivity index (χ3v) is 7.10. The van der Waals surface area contributed by atoms with Crippen LogP contribution in [0.3, 0.4) is 0 Å². The van der Waals surface area contributed by atoms with Gasteiger partial charge in [-0.25, -0.2) is 4.68 Å². The molecule has 1 aliphatic heterocycles. The molecule has 0 amide bonds. The van der Waals surface area contributed by atoms with Crippen molar-refractivity contribution in [2.75, 3.05) is 23.8 Å². The molecular weight excluding hydrogens is 456 g/mol. The number of ether oxygens (including phenoxy) is 1. The van der Waals surface area contributed by atoms with E-state index in [0.29, 0.717) is 18.4 Å². The largest absolute Gasteiger partial charge is 0.491 e. The average Bonchev–Trinajstić information content (AvgIpc) is 3.26. The maximum absolute atomic E-state index is 6.32. The standard InChI is InChI=1S/C32H38N4O/c1-21(2)20-37-30-12-8-9-23(5)31(30)36-32(24-13-15-25(33)16-14-24)27-19-35(18-17-28(27)34-36)29-11-7-6-10-26(29)22(3)4/h6-16,21-22H,17-20,33H2,1-5H3. The number of nitrogens with two attached hydrogens (primary N) is 1. The Morgan fingerprint density at radius 1 is 0.946 bits per heavy atom. The van der Waals surface area contributed by atoms with Crippen LogP contribution in [0.4, 0.5) is 11.4 Å². The van der Waals surface area contributed by atoms with E-state index in [1.54, 1.807) is 0 Å². The Labute approximate surface area is 220 Å². The van der Waals surface area contributed by atoms with E-state index in [1.807, 2.05) is 12.1 Å². The van der Waals surface area contributed by atoms with Crippen LogP contribution in [0.15, 0.2) is 66.7 Å². The Hall–Kier alpha value is -3.73. The molecule has 0 radical (unpaired) electrons. The number of aryl methyl sites for hydroxylation is 1. The van der Waals surface area contributed by atoms with E-state index in [-0.39, 0.29) is 0 Å². The zero-order chi connectivity index (χ0) is 26.1. The molecule has 5 rings (SSSR count). The van der Waals surface area contributed by atoms with E-state index in [0.717, 1.165) is 59.1 Å². The molecule has 0 unspecified atom stereocenters. The van der Waals surface area contributed by atoms with Gasteiger partial charge >= 0.3 is 0 Å². The maximum atomic E-state index is 6.32. The van der Waals surface area contributed by atoms with Gasteiger partial charge in [-0.2, -0.15) is 5.10 Å². The van der Waals surface area contributed by atoms with Gasteiger partial charge in [-0.05, 0) is 54.2 Å². The van der Waals surface area contributed by atoms with Crippen LogP contribution >= 0.6 is 0 Å². The minimum absolute atomic E-state index is 0.436. The number of benzene rings is 3. The molecule has 1 aliphatic rings. The Balaban J connectivity index is 1.67. The number of aromatic nitrogens is 2. The van der Waals surface area contributed by atoms with Crippen LogP contribution in [0, 0.1) is 12.8 Å². The monoisotopic (exact) mass is 494 g/mol. The highest BCUT2D eigenvalue weighted by Crippen LogP contribution is 2.39. The van der Waals surface area contributed by atoms with Crippen molar-refractivity contribution in [1.29, 1.82) is 0 Å². The normalized spacial score (nSPS) is 13.3. The van der Waals surface area contributed by atoms with Gasteiger partial charge in [0.05, 0.1) is 18.0 Å². The van der Waals surface area contributed by atoms with Gasteiger partial charge in [0, 0.05) is 42.0 Å². The first-order valence-electron chi connectivity index (χ1n) is 13.4. The SMILES string of the molecule is Cc1cccc(OCC(C)C)c1-n1nc2c(c1-c1ccc(N)cc1)CN(c1ccccc1C(C)C)CC2. The van der Waals surface area contributed by atoms with E-state index in [1.165, 1.54) is 16.8 Å². The molecule has 0 aliphatic carbocycles. The van der Waals surface area contributed by atoms with Crippen molar-refractivity contribution in [2.45, 2.75) is 53.5 Å². The summed E-state index contributed by atoms with van der Waals surface area (Å²) in [6, 6.07) is 23.2.